The maximum atomic E-state index is 7.69. The molecule has 0 saturated heterocycles. The summed E-state index contributed by atoms with van der Waals surface area (Å²) >= 11 is 0. The lowest BCUT2D eigenvalue weighted by Crippen LogP contribution is -1.84. The van der Waals surface area contributed by atoms with Crippen LogP contribution in [-0.4, -0.2) is 4.98 Å². The Morgan fingerprint density at radius 3 is 2.48 bits per heavy atom. The lowest BCUT2D eigenvalue weighted by molar-refractivity contribution is 0.664. The van der Waals surface area contributed by atoms with E-state index in [-0.39, 0.29) is 5.56 Å². The SMILES string of the molecule is [2H]C([2H])([2H])c1ccnc(-c2cccc3c2oc2cc4c(cc23)oc2ccccc24)c1. The van der Waals surface area contributed by atoms with Gasteiger partial charge in [0.2, 0.25) is 0 Å². The molecular formula is C24H15NO2. The van der Waals surface area contributed by atoms with Crippen molar-refractivity contribution in [1.82, 2.24) is 4.98 Å². The number of benzene rings is 3. The summed E-state index contributed by atoms with van der Waals surface area (Å²) in [6, 6.07) is 20.9. The van der Waals surface area contributed by atoms with Crippen molar-refractivity contribution >= 4 is 43.9 Å². The van der Waals surface area contributed by atoms with Crippen LogP contribution in [0, 0.1) is 6.85 Å². The van der Waals surface area contributed by atoms with E-state index in [1.165, 1.54) is 12.3 Å². The molecule has 0 saturated carbocycles. The van der Waals surface area contributed by atoms with Crippen molar-refractivity contribution in [3.8, 4) is 11.3 Å². The summed E-state index contributed by atoms with van der Waals surface area (Å²) in [7, 11) is 0. The average molecular weight is 352 g/mol. The minimum Gasteiger partial charge on any atom is -0.456 e. The number of hydrogen-bond acceptors (Lipinski definition) is 3. The van der Waals surface area contributed by atoms with E-state index in [1.807, 2.05) is 54.6 Å². The predicted octanol–water partition coefficient (Wildman–Crippen LogP) is 6.86. The van der Waals surface area contributed by atoms with Gasteiger partial charge in [-0.3, -0.25) is 4.98 Å². The third-order valence-corrected chi connectivity index (χ3v) is 5.03. The van der Waals surface area contributed by atoms with Crippen LogP contribution in [0.5, 0.6) is 0 Å². The van der Waals surface area contributed by atoms with Crippen LogP contribution in [0.2, 0.25) is 0 Å². The Morgan fingerprint density at radius 2 is 1.56 bits per heavy atom. The van der Waals surface area contributed by atoms with Gasteiger partial charge in [-0.1, -0.05) is 30.3 Å². The first-order valence-electron chi connectivity index (χ1n) is 10.2. The molecule has 0 N–H and O–H groups in total. The molecule has 3 aromatic heterocycles. The van der Waals surface area contributed by atoms with Crippen LogP contribution in [0.1, 0.15) is 9.68 Å². The van der Waals surface area contributed by atoms with E-state index in [4.69, 9.17) is 12.9 Å². The van der Waals surface area contributed by atoms with Crippen LogP contribution in [-0.2, 0) is 0 Å². The number of furan rings is 2. The molecule has 0 aliphatic carbocycles. The van der Waals surface area contributed by atoms with Gasteiger partial charge in [-0.05, 0) is 48.8 Å². The van der Waals surface area contributed by atoms with Crippen molar-refractivity contribution < 1.29 is 12.9 Å². The third kappa shape index (κ3) is 2.05. The lowest BCUT2D eigenvalue weighted by Gasteiger charge is -2.02. The molecule has 3 nitrogen and oxygen atoms in total. The van der Waals surface area contributed by atoms with Gasteiger partial charge in [-0.25, -0.2) is 0 Å². The number of rotatable bonds is 1. The zero-order valence-electron chi connectivity index (χ0n) is 17.2. The number of aromatic nitrogens is 1. The van der Waals surface area contributed by atoms with Crippen molar-refractivity contribution in [2.45, 2.75) is 6.85 Å². The molecule has 27 heavy (non-hydrogen) atoms. The standard InChI is InChI=1S/C24H15NO2/c1-14-9-10-25-20(11-14)17-7-4-6-16-19-13-22-18(12-23(19)27-24(16)17)15-5-2-3-8-21(15)26-22/h2-13H,1H3/i1D3. The highest BCUT2D eigenvalue weighted by molar-refractivity contribution is 6.16. The molecule has 0 spiro atoms. The number of nitrogens with zero attached hydrogens (tertiary/aromatic N) is 1. The van der Waals surface area contributed by atoms with Crippen molar-refractivity contribution in [2.75, 3.05) is 0 Å². The first-order chi connectivity index (χ1) is 14.5. The quantitative estimate of drug-likeness (QED) is 0.324. The molecule has 3 heteroatoms. The molecule has 6 rings (SSSR count). The lowest BCUT2D eigenvalue weighted by atomic mass is 10.0. The van der Waals surface area contributed by atoms with Gasteiger partial charge in [0.1, 0.15) is 22.3 Å². The van der Waals surface area contributed by atoms with Gasteiger partial charge in [0.15, 0.2) is 0 Å². The molecular weight excluding hydrogens is 334 g/mol. The highest BCUT2D eigenvalue weighted by atomic mass is 16.3. The summed E-state index contributed by atoms with van der Waals surface area (Å²) in [6.07, 6.45) is 1.53. The van der Waals surface area contributed by atoms with Gasteiger partial charge in [0, 0.05) is 37.4 Å². The molecule has 128 valence electrons. The van der Waals surface area contributed by atoms with E-state index in [0.717, 1.165) is 43.9 Å². The summed E-state index contributed by atoms with van der Waals surface area (Å²) in [4.78, 5) is 4.40. The number of fused-ring (bicyclic) bond motifs is 6. The summed E-state index contributed by atoms with van der Waals surface area (Å²) < 4.78 is 35.4. The maximum Gasteiger partial charge on any atom is 0.144 e. The fourth-order valence-corrected chi connectivity index (χ4v) is 3.79. The van der Waals surface area contributed by atoms with E-state index in [1.54, 1.807) is 6.07 Å². The highest BCUT2D eigenvalue weighted by Gasteiger charge is 2.16. The Morgan fingerprint density at radius 1 is 0.741 bits per heavy atom. The maximum absolute atomic E-state index is 7.69. The second kappa shape index (κ2) is 5.21. The molecule has 6 aromatic rings. The Bertz CT molecular complexity index is 1590. The van der Waals surface area contributed by atoms with Crippen LogP contribution < -0.4 is 0 Å². The Kier molecular flexibility index (Phi) is 2.30. The van der Waals surface area contributed by atoms with Crippen LogP contribution in [0.4, 0.5) is 0 Å². The molecule has 0 unspecified atom stereocenters. The molecule has 0 radical (unpaired) electrons. The number of aryl methyl sites for hydroxylation is 1. The van der Waals surface area contributed by atoms with Gasteiger partial charge in [-0.15, -0.1) is 0 Å². The van der Waals surface area contributed by atoms with Crippen LogP contribution >= 0.6 is 0 Å². The Balaban J connectivity index is 1.64. The van der Waals surface area contributed by atoms with Gasteiger partial charge in [0.05, 0.1) is 5.69 Å². The Labute approximate surface area is 159 Å². The third-order valence-electron chi connectivity index (χ3n) is 5.03. The summed E-state index contributed by atoms with van der Waals surface area (Å²) in [5, 5.41) is 3.93. The fraction of sp³-hybridized carbons (Fsp3) is 0.0417. The topological polar surface area (TPSA) is 39.2 Å². The van der Waals surface area contributed by atoms with Crippen LogP contribution in [0.15, 0.2) is 81.8 Å². The van der Waals surface area contributed by atoms with Gasteiger partial charge >= 0.3 is 0 Å². The Hall–Kier alpha value is -3.59. The molecule has 0 aliphatic heterocycles. The fourth-order valence-electron chi connectivity index (χ4n) is 3.79. The molecule has 0 bridgehead atoms. The summed E-state index contributed by atoms with van der Waals surface area (Å²) in [6.45, 7) is -2.19. The van der Waals surface area contributed by atoms with Crippen molar-refractivity contribution in [1.29, 1.82) is 0 Å². The van der Waals surface area contributed by atoms with E-state index in [0.29, 0.717) is 11.3 Å². The number of pyridine rings is 1. The molecule has 0 atom stereocenters. The van der Waals surface area contributed by atoms with Gasteiger partial charge in [-0.2, -0.15) is 0 Å². The van der Waals surface area contributed by atoms with Crippen molar-refractivity contribution in [2.24, 2.45) is 0 Å². The average Bonchev–Trinajstić information content (AvgIpc) is 3.29. The number of para-hydroxylation sites is 2. The van der Waals surface area contributed by atoms with Crippen molar-refractivity contribution in [3.63, 3.8) is 0 Å². The van der Waals surface area contributed by atoms with E-state index >= 15 is 0 Å². The minimum atomic E-state index is -2.19. The second-order valence-electron chi connectivity index (χ2n) is 6.66. The normalized spacial score (nSPS) is 14.0. The zero-order chi connectivity index (χ0) is 20.5. The summed E-state index contributed by atoms with van der Waals surface area (Å²) in [5.74, 6) is 0. The second-order valence-corrected chi connectivity index (χ2v) is 6.66. The summed E-state index contributed by atoms with van der Waals surface area (Å²) in [5.41, 5.74) is 4.67. The van der Waals surface area contributed by atoms with Gasteiger partial charge < -0.3 is 8.83 Å². The largest absolute Gasteiger partial charge is 0.456 e. The van der Waals surface area contributed by atoms with Gasteiger partial charge in [0.25, 0.3) is 0 Å². The number of hydrogen-bond donors (Lipinski definition) is 0. The molecule has 0 amide bonds. The predicted molar refractivity (Wildman–Crippen MR) is 109 cm³/mol. The van der Waals surface area contributed by atoms with Crippen LogP contribution in [0.3, 0.4) is 0 Å². The minimum absolute atomic E-state index is 0.254. The first-order valence-corrected chi connectivity index (χ1v) is 8.72. The molecule has 3 aromatic carbocycles. The highest BCUT2D eigenvalue weighted by Crippen LogP contribution is 2.39. The zero-order valence-corrected chi connectivity index (χ0v) is 14.2. The molecule has 0 aliphatic rings. The van der Waals surface area contributed by atoms with E-state index < -0.39 is 6.85 Å². The van der Waals surface area contributed by atoms with E-state index in [2.05, 4.69) is 4.98 Å². The smallest absolute Gasteiger partial charge is 0.144 e. The van der Waals surface area contributed by atoms with Crippen molar-refractivity contribution in [3.05, 3.63) is 78.5 Å². The molecule has 3 heterocycles. The van der Waals surface area contributed by atoms with Crippen LogP contribution in [0.25, 0.3) is 55.1 Å². The molecule has 0 fully saturated rings. The first kappa shape index (κ1) is 11.9. The monoisotopic (exact) mass is 352 g/mol. The van der Waals surface area contributed by atoms with E-state index in [9.17, 15) is 0 Å².